The van der Waals surface area contributed by atoms with Crippen LogP contribution in [0.1, 0.15) is 35.2 Å². The Bertz CT molecular complexity index is 797. The van der Waals surface area contributed by atoms with E-state index in [1.807, 2.05) is 41.3 Å². The van der Waals surface area contributed by atoms with Gasteiger partial charge in [-0.3, -0.25) is 9.59 Å². The molecule has 0 unspecified atom stereocenters. The van der Waals surface area contributed by atoms with Gasteiger partial charge in [0.25, 0.3) is 11.8 Å². The number of likely N-dealkylation sites (tertiary alicyclic amines) is 1. The molecule has 2 aromatic rings. The topological polar surface area (TPSA) is 49.4 Å². The number of halogens is 1. The lowest BCUT2D eigenvalue weighted by atomic mass is 10.1. The van der Waals surface area contributed by atoms with Crippen molar-refractivity contribution in [1.82, 2.24) is 10.2 Å². The van der Waals surface area contributed by atoms with Crippen LogP contribution in [-0.2, 0) is 4.79 Å². The summed E-state index contributed by atoms with van der Waals surface area (Å²) in [6.07, 6.45) is 3.13. The van der Waals surface area contributed by atoms with Crippen molar-refractivity contribution < 1.29 is 9.59 Å². The number of rotatable bonds is 4. The second-order valence-electron chi connectivity index (χ2n) is 6.23. The van der Waals surface area contributed by atoms with Crippen LogP contribution in [0.2, 0.25) is 0 Å². The zero-order valence-corrected chi connectivity index (χ0v) is 16.0. The number of hydrogen-bond donors (Lipinski definition) is 1. The Morgan fingerprint density at radius 1 is 0.808 bits per heavy atom. The van der Waals surface area contributed by atoms with Gasteiger partial charge in [0, 0.05) is 18.7 Å². The maximum Gasteiger partial charge on any atom is 0.271 e. The predicted molar refractivity (Wildman–Crippen MR) is 107 cm³/mol. The molecule has 0 aromatic heterocycles. The lowest BCUT2D eigenvalue weighted by molar-refractivity contribution is -0.128. The molecule has 4 nitrogen and oxygen atoms in total. The molecule has 0 saturated carbocycles. The highest BCUT2D eigenvalue weighted by Gasteiger charge is 2.25. The van der Waals surface area contributed by atoms with Crippen molar-refractivity contribution in [2.45, 2.75) is 19.3 Å². The second kappa shape index (κ2) is 8.81. The molecule has 1 fully saturated rings. The zero-order chi connectivity index (χ0) is 18.4. The third-order valence-corrected chi connectivity index (χ3v) is 5.23. The summed E-state index contributed by atoms with van der Waals surface area (Å²) in [4.78, 5) is 27.6. The summed E-state index contributed by atoms with van der Waals surface area (Å²) in [6, 6.07) is 18.4. The van der Waals surface area contributed by atoms with Crippen LogP contribution in [0.5, 0.6) is 0 Å². The maximum absolute atomic E-state index is 13.1. The van der Waals surface area contributed by atoms with Gasteiger partial charge in [-0.25, -0.2) is 0 Å². The summed E-state index contributed by atoms with van der Waals surface area (Å²) in [5, 5.41) is 2.83. The summed E-state index contributed by atoms with van der Waals surface area (Å²) in [5.74, 6) is -0.441. The van der Waals surface area contributed by atoms with E-state index < -0.39 is 0 Å². The lowest BCUT2D eigenvalue weighted by Crippen LogP contribution is -2.41. The summed E-state index contributed by atoms with van der Waals surface area (Å²) in [7, 11) is 0. The zero-order valence-electron chi connectivity index (χ0n) is 14.5. The van der Waals surface area contributed by atoms with Crippen LogP contribution >= 0.6 is 15.9 Å². The van der Waals surface area contributed by atoms with Crippen LogP contribution in [0.3, 0.4) is 0 Å². The van der Waals surface area contributed by atoms with E-state index in [0.717, 1.165) is 37.9 Å². The van der Waals surface area contributed by atoms with E-state index in [0.29, 0.717) is 10.0 Å². The Balaban J connectivity index is 1.93. The number of hydrogen-bond acceptors (Lipinski definition) is 2. The SMILES string of the molecule is O=C(NC(C(=O)N1CCCCC1)=C(Br)c1ccccc1)c1ccccc1. The molecule has 26 heavy (non-hydrogen) atoms. The van der Waals surface area contributed by atoms with Gasteiger partial charge in [0.15, 0.2) is 0 Å². The summed E-state index contributed by atoms with van der Waals surface area (Å²) in [6.45, 7) is 1.44. The average Bonchev–Trinajstić information content (AvgIpc) is 2.73. The fourth-order valence-corrected chi connectivity index (χ4v) is 3.49. The number of piperidine rings is 1. The molecule has 1 heterocycles. The van der Waals surface area contributed by atoms with Crippen molar-refractivity contribution in [3.8, 4) is 0 Å². The van der Waals surface area contributed by atoms with Gasteiger partial charge in [-0.1, -0.05) is 48.5 Å². The molecular weight excluding hydrogens is 392 g/mol. The van der Waals surface area contributed by atoms with Crippen molar-refractivity contribution in [2.75, 3.05) is 13.1 Å². The van der Waals surface area contributed by atoms with Gasteiger partial charge in [-0.15, -0.1) is 0 Å². The number of amides is 2. The first-order chi connectivity index (χ1) is 12.7. The quantitative estimate of drug-likeness (QED) is 0.765. The van der Waals surface area contributed by atoms with Gasteiger partial charge in [-0.05, 0) is 52.9 Å². The van der Waals surface area contributed by atoms with Crippen molar-refractivity contribution >= 4 is 32.2 Å². The molecule has 5 heteroatoms. The molecule has 2 amide bonds. The Kier molecular flexibility index (Phi) is 6.23. The number of nitrogens with one attached hydrogen (secondary N) is 1. The highest BCUT2D eigenvalue weighted by atomic mass is 79.9. The average molecular weight is 413 g/mol. The van der Waals surface area contributed by atoms with Crippen LogP contribution < -0.4 is 5.32 Å². The highest BCUT2D eigenvalue weighted by molar-refractivity contribution is 9.15. The van der Waals surface area contributed by atoms with Crippen LogP contribution in [0, 0.1) is 0 Å². The first-order valence-electron chi connectivity index (χ1n) is 8.77. The third-order valence-electron chi connectivity index (χ3n) is 4.38. The number of carbonyl (C=O) groups excluding carboxylic acids is 2. The first-order valence-corrected chi connectivity index (χ1v) is 9.57. The maximum atomic E-state index is 13.1. The second-order valence-corrected chi connectivity index (χ2v) is 7.02. The molecule has 2 aromatic carbocycles. The van der Waals surface area contributed by atoms with Crippen LogP contribution in [0.25, 0.3) is 4.48 Å². The molecule has 0 spiro atoms. The normalized spacial score (nSPS) is 15.2. The minimum absolute atomic E-state index is 0.148. The lowest BCUT2D eigenvalue weighted by Gasteiger charge is -2.28. The molecule has 134 valence electrons. The summed E-state index contributed by atoms with van der Waals surface area (Å²) in [5.41, 5.74) is 1.65. The Morgan fingerprint density at radius 3 is 1.92 bits per heavy atom. The first kappa shape index (κ1) is 18.4. The molecule has 0 radical (unpaired) electrons. The van der Waals surface area contributed by atoms with Gasteiger partial charge in [0.1, 0.15) is 5.70 Å². The van der Waals surface area contributed by atoms with E-state index in [-0.39, 0.29) is 17.5 Å². The Labute approximate surface area is 162 Å². The van der Waals surface area contributed by atoms with Gasteiger partial charge in [0.05, 0.1) is 4.48 Å². The van der Waals surface area contributed by atoms with E-state index in [1.165, 1.54) is 0 Å². The molecular formula is C21H21BrN2O2. The molecule has 1 N–H and O–H groups in total. The van der Waals surface area contributed by atoms with Crippen molar-refractivity contribution in [2.24, 2.45) is 0 Å². The fraction of sp³-hybridized carbons (Fsp3) is 0.238. The minimum atomic E-state index is -0.293. The Morgan fingerprint density at radius 2 is 1.35 bits per heavy atom. The van der Waals surface area contributed by atoms with Gasteiger partial charge in [0.2, 0.25) is 0 Å². The monoisotopic (exact) mass is 412 g/mol. The number of nitrogens with zero attached hydrogens (tertiary/aromatic N) is 1. The van der Waals surface area contributed by atoms with Gasteiger partial charge >= 0.3 is 0 Å². The third kappa shape index (κ3) is 4.41. The molecule has 1 aliphatic rings. The molecule has 0 atom stereocenters. The van der Waals surface area contributed by atoms with Crippen molar-refractivity contribution in [3.63, 3.8) is 0 Å². The standard InChI is InChI=1S/C21H21BrN2O2/c22-18(16-10-4-1-5-11-16)19(21(26)24-14-8-3-9-15-24)23-20(25)17-12-6-2-7-13-17/h1-2,4-7,10-13H,3,8-9,14-15H2,(H,23,25). The Hall–Kier alpha value is -2.40. The molecule has 3 rings (SSSR count). The summed E-state index contributed by atoms with van der Waals surface area (Å²) >= 11 is 3.54. The fourth-order valence-electron chi connectivity index (χ4n) is 2.96. The summed E-state index contributed by atoms with van der Waals surface area (Å²) < 4.78 is 0.595. The minimum Gasteiger partial charge on any atom is -0.337 e. The molecule has 1 aliphatic heterocycles. The van der Waals surface area contributed by atoms with Gasteiger partial charge in [-0.2, -0.15) is 0 Å². The van der Waals surface area contributed by atoms with E-state index in [1.54, 1.807) is 24.3 Å². The highest BCUT2D eigenvalue weighted by Crippen LogP contribution is 2.26. The predicted octanol–water partition coefficient (Wildman–Crippen LogP) is 4.19. The van der Waals surface area contributed by atoms with Crippen LogP contribution in [0.15, 0.2) is 66.4 Å². The number of benzene rings is 2. The van der Waals surface area contributed by atoms with E-state index >= 15 is 0 Å². The molecule has 1 saturated heterocycles. The molecule has 0 aliphatic carbocycles. The smallest absolute Gasteiger partial charge is 0.271 e. The molecule has 0 bridgehead atoms. The van der Waals surface area contributed by atoms with Crippen molar-refractivity contribution in [1.29, 1.82) is 0 Å². The van der Waals surface area contributed by atoms with Crippen LogP contribution in [0.4, 0.5) is 0 Å². The van der Waals surface area contributed by atoms with Gasteiger partial charge < -0.3 is 10.2 Å². The number of carbonyl (C=O) groups is 2. The van der Waals surface area contributed by atoms with E-state index in [9.17, 15) is 9.59 Å². The van der Waals surface area contributed by atoms with E-state index in [2.05, 4.69) is 21.2 Å². The van der Waals surface area contributed by atoms with E-state index in [4.69, 9.17) is 0 Å². The van der Waals surface area contributed by atoms with Crippen molar-refractivity contribution in [3.05, 3.63) is 77.5 Å². The largest absolute Gasteiger partial charge is 0.337 e. The van der Waals surface area contributed by atoms with Crippen LogP contribution in [-0.4, -0.2) is 29.8 Å².